The maximum atomic E-state index is 14.9. The van der Waals surface area contributed by atoms with Crippen LogP contribution in [0.2, 0.25) is 0 Å². The summed E-state index contributed by atoms with van der Waals surface area (Å²) in [6.45, 7) is 4.17. The number of aryl methyl sites for hydroxylation is 2. The third-order valence-corrected chi connectivity index (χ3v) is 29.0. The van der Waals surface area contributed by atoms with Gasteiger partial charge in [0.05, 0.1) is 0 Å². The van der Waals surface area contributed by atoms with Crippen LogP contribution < -0.4 is 5.22 Å². The molecule has 0 spiro atoms. The molecule has 0 aliphatic heterocycles. The fraction of sp³-hybridized carbons (Fsp3) is 0.0769. The Morgan fingerprint density at radius 3 is 1.53 bits per heavy atom. The van der Waals surface area contributed by atoms with Crippen molar-refractivity contribution in [3.8, 4) is 11.1 Å². The molecule has 0 amide bonds. The Labute approximate surface area is 606 Å². The summed E-state index contributed by atoms with van der Waals surface area (Å²) in [5.74, 6) is -0.467. The summed E-state index contributed by atoms with van der Waals surface area (Å²) in [7, 11) is -19.4. The predicted molar refractivity (Wildman–Crippen MR) is 435 cm³/mol. The predicted octanol–water partition coefficient (Wildman–Crippen LogP) is 21.9. The first kappa shape index (κ1) is 59.9. The highest BCUT2D eigenvalue weighted by Gasteiger charge is 2.41. The van der Waals surface area contributed by atoms with Crippen LogP contribution in [-0.4, -0.2) is 51.9 Å². The van der Waals surface area contributed by atoms with Crippen molar-refractivity contribution >= 4 is 268 Å². The average molecular weight is 1460 g/mol. The van der Waals surface area contributed by atoms with E-state index in [-0.39, 0.29) is 19.6 Å². The van der Waals surface area contributed by atoms with E-state index in [0.717, 1.165) is 213 Å². The summed E-state index contributed by atoms with van der Waals surface area (Å²) in [6.07, 6.45) is 6.94. The highest BCUT2D eigenvalue weighted by atomic mass is 32.2. The lowest BCUT2D eigenvalue weighted by molar-refractivity contribution is 0.481. The van der Waals surface area contributed by atoms with Crippen LogP contribution in [0.5, 0.6) is 0 Å². The molecule has 22 aromatic rings. The van der Waals surface area contributed by atoms with Crippen LogP contribution in [0.15, 0.2) is 201 Å². The minimum Gasteiger partial charge on any atom is -0.282 e. The smallest absolute Gasteiger partial charge is 0.282 e. The zero-order valence-corrected chi connectivity index (χ0v) is 59.8. The van der Waals surface area contributed by atoms with Gasteiger partial charge < -0.3 is 0 Å². The Hall–Kier alpha value is -11.3. The number of hydrogen-bond acceptors (Lipinski definition) is 8. The number of fused-ring (bicyclic) bond motifs is 9. The normalized spacial score (nSPS) is 15.1. The van der Waals surface area contributed by atoms with Crippen LogP contribution >= 0.6 is 0 Å². The number of benzene rings is 22. The van der Waals surface area contributed by atoms with Crippen LogP contribution in [0, 0.1) is 0 Å². The van der Waals surface area contributed by atoms with E-state index in [2.05, 4.69) is 98.8 Å². The van der Waals surface area contributed by atoms with Gasteiger partial charge in [-0.1, -0.05) is 154 Å². The number of allylic oxidation sites excluding steroid dienone is 1. The molecule has 16 heteroatoms. The lowest BCUT2D eigenvalue weighted by atomic mass is 9.65. The molecule has 1 unspecified atom stereocenters. The van der Waals surface area contributed by atoms with Crippen molar-refractivity contribution in [2.24, 2.45) is 0 Å². The maximum absolute atomic E-state index is 14.9. The molecule has 0 saturated carbocycles. The van der Waals surface area contributed by atoms with Gasteiger partial charge in [0.15, 0.2) is 0 Å². The lowest BCUT2D eigenvalue weighted by Crippen LogP contribution is -2.25. The van der Waals surface area contributed by atoms with Gasteiger partial charge in [0.2, 0.25) is 0 Å². The molecule has 3 aliphatic rings. The van der Waals surface area contributed by atoms with Crippen molar-refractivity contribution in [3.63, 3.8) is 0 Å². The standard InChI is InChI=1S/C91H50O12S4/c1-3-7-38-9-5-12-55-58(38)35-60-61-30-41-14-13-39-15-19-54-63-36-62-53-21-17-44-33-68(104(92,93)94)56-22-18-42-29-59(48-23-24-51-49-11-6-10-47-40(8-4-2)28-65-69(105(95,96)97)34-43-16-20-50(48)80(51)74(43)87(65)79(47)49)52-25-26-57(86-82(52)75(42)85(56)76(44)83(53)86)78(62)67-37-70(106(98,99)100)66-32-46-27-45(31-64(60)91(55)107(101,102)103)71(61)89-73(41)72(39)84(54)90(77(46)89)88(66)81(63)67/h5-6,9-37,77H,3-4,7-8H2,1-2H3,(H,92,93,94)(H,95,96,97)(H,98,99,100)(H,101,102,103). The Morgan fingerprint density at radius 1 is 0.280 bits per heavy atom. The highest BCUT2D eigenvalue weighted by molar-refractivity contribution is 7.87. The molecule has 22 aromatic carbocycles. The Balaban J connectivity index is 0.848. The second kappa shape index (κ2) is 18.9. The molecule has 0 bridgehead atoms. The van der Waals surface area contributed by atoms with Crippen molar-refractivity contribution in [3.05, 3.63) is 215 Å². The van der Waals surface area contributed by atoms with Crippen molar-refractivity contribution in [1.29, 1.82) is 0 Å². The van der Waals surface area contributed by atoms with Crippen molar-refractivity contribution in [1.82, 2.24) is 0 Å². The molecular weight excluding hydrogens is 1410 g/mol. The second-order valence-electron chi connectivity index (χ2n) is 30.4. The zero-order valence-electron chi connectivity index (χ0n) is 56.5. The third-order valence-electron chi connectivity index (χ3n) is 25.4. The first-order valence-electron chi connectivity index (χ1n) is 35.8. The van der Waals surface area contributed by atoms with Gasteiger partial charge in [-0.05, 0) is 301 Å². The summed E-state index contributed by atoms with van der Waals surface area (Å²) >= 11 is 0. The first-order chi connectivity index (χ1) is 51.5. The van der Waals surface area contributed by atoms with Crippen LogP contribution in [-0.2, 0) is 53.3 Å². The Morgan fingerprint density at radius 2 is 0.776 bits per heavy atom. The topological polar surface area (TPSA) is 217 Å². The summed E-state index contributed by atoms with van der Waals surface area (Å²) < 4.78 is 158. The molecule has 0 fully saturated rings. The highest BCUT2D eigenvalue weighted by Crippen LogP contribution is 2.62. The second-order valence-corrected chi connectivity index (χ2v) is 35.9. The Bertz CT molecular complexity index is 8890. The van der Waals surface area contributed by atoms with E-state index in [1.807, 2.05) is 72.8 Å². The molecule has 4 N–H and O–H groups in total. The van der Waals surface area contributed by atoms with Crippen LogP contribution in [0.3, 0.4) is 0 Å². The summed E-state index contributed by atoms with van der Waals surface area (Å²) in [4.78, 5) is -0.835. The van der Waals surface area contributed by atoms with Gasteiger partial charge in [-0.2, -0.15) is 33.7 Å². The van der Waals surface area contributed by atoms with Gasteiger partial charge >= 0.3 is 0 Å². The van der Waals surface area contributed by atoms with Crippen molar-refractivity contribution in [2.75, 3.05) is 0 Å². The van der Waals surface area contributed by atoms with E-state index in [1.165, 1.54) is 0 Å². The van der Waals surface area contributed by atoms with E-state index in [0.29, 0.717) is 77.5 Å². The summed E-state index contributed by atoms with van der Waals surface area (Å²) in [5, 5.41) is 31.9. The van der Waals surface area contributed by atoms with Gasteiger partial charge in [0, 0.05) is 43.5 Å². The quantitative estimate of drug-likeness (QED) is 0.0603. The molecule has 0 heterocycles. The fourth-order valence-electron chi connectivity index (χ4n) is 21.8. The van der Waals surface area contributed by atoms with Crippen molar-refractivity contribution < 1.29 is 51.9 Å². The minimum absolute atomic E-state index is 0.150. The van der Waals surface area contributed by atoms with Crippen LogP contribution in [0.4, 0.5) is 0 Å². The molecule has 12 nitrogen and oxygen atoms in total. The molecule has 25 rings (SSSR count). The van der Waals surface area contributed by atoms with E-state index in [4.69, 9.17) is 0 Å². The number of hydrogen-bond donors (Lipinski definition) is 4. The fourth-order valence-corrected chi connectivity index (χ4v) is 24.9. The van der Waals surface area contributed by atoms with Gasteiger partial charge in [-0.25, -0.2) is 0 Å². The number of rotatable bonds is 9. The molecular formula is C91H50O12S4. The Kier molecular flexibility index (Phi) is 10.6. The van der Waals surface area contributed by atoms with E-state index in [9.17, 15) is 51.9 Å². The van der Waals surface area contributed by atoms with Gasteiger partial charge in [-0.3, -0.25) is 18.2 Å². The van der Waals surface area contributed by atoms with E-state index < -0.39 is 46.4 Å². The lowest BCUT2D eigenvalue weighted by Gasteiger charge is -2.37. The van der Waals surface area contributed by atoms with Crippen LogP contribution in [0.1, 0.15) is 60.4 Å². The minimum atomic E-state index is -5.07. The summed E-state index contributed by atoms with van der Waals surface area (Å²) in [6, 6.07) is 57.8. The molecule has 107 heavy (non-hydrogen) atoms. The van der Waals surface area contributed by atoms with Gasteiger partial charge in [0.25, 0.3) is 40.5 Å². The van der Waals surface area contributed by atoms with Crippen molar-refractivity contribution in [2.45, 2.75) is 65.0 Å². The van der Waals surface area contributed by atoms with E-state index in [1.54, 1.807) is 30.3 Å². The van der Waals surface area contributed by atoms with Gasteiger partial charge in [-0.15, -0.1) is 0 Å². The molecule has 0 saturated heterocycles. The SMILES string of the molecule is CCCc1cccc2c(S(=O)(=O)O)c3cc4c5c6c7c(ccc8ccc9c%10cc%11c%12ccc%13cc(S(=O)(=O)O)c%14ccc%15cc(-c%16ccc%17c%18cccc%19c(CCC)cc%20c(S(=O)(=O)O)cc%21ccc%16c%17c%21c%20c%19%18)c%16ccc(c%11c%11cc(S(=O)(=O)O)c%17c(c(c9c87)C6C(=C4)C=%17)c%10%11)c4c%16c%15c%14c%13c%124)cc5c3cc12. The molecule has 1 atom stereocenters. The molecule has 3 aliphatic carbocycles. The molecule has 0 radical (unpaired) electrons. The first-order valence-corrected chi connectivity index (χ1v) is 41.6. The monoisotopic (exact) mass is 1460 g/mol. The van der Waals surface area contributed by atoms with Gasteiger partial charge in [0.1, 0.15) is 19.6 Å². The molecule has 510 valence electrons. The maximum Gasteiger partial charge on any atom is 0.295 e. The third kappa shape index (κ3) is 6.97. The largest absolute Gasteiger partial charge is 0.295 e. The van der Waals surface area contributed by atoms with Crippen LogP contribution in [0.25, 0.3) is 239 Å². The zero-order chi connectivity index (χ0) is 71.9. The summed E-state index contributed by atoms with van der Waals surface area (Å²) in [5.41, 5.74) is 7.07. The molecule has 0 aromatic heterocycles. The van der Waals surface area contributed by atoms with E-state index >= 15 is 0 Å². The average Bonchev–Trinajstić information content (AvgIpc) is 0.658.